The Hall–Kier alpha value is -0.480. The van der Waals surface area contributed by atoms with Crippen molar-refractivity contribution in [2.24, 2.45) is 23.5 Å². The highest BCUT2D eigenvalue weighted by Crippen LogP contribution is 2.32. The van der Waals surface area contributed by atoms with Crippen LogP contribution in [-0.2, 0) is 9.63 Å². The molecule has 5 fully saturated rings. The number of carbonyl (C=O) groups is 1. The minimum Gasteiger partial charge on any atom is -0.369 e. The summed E-state index contributed by atoms with van der Waals surface area (Å²) in [7, 11) is 0. The van der Waals surface area contributed by atoms with Gasteiger partial charge in [0.25, 0.3) is 0 Å². The first kappa shape index (κ1) is 24.2. The average Bonchev–Trinajstić information content (AvgIpc) is 3.50. The zero-order valence-electron chi connectivity index (χ0n) is 19.9. The normalized spacial score (nSPS) is 42.0. The average molecular weight is 483 g/mol. The standard InChI is InChI=1S/C24H43ClN6O2/c25-19-5-3-16(4-6-19)15-31-11-1-2-20(31)24-28-23(29-33-24)18-7-10-27-21(14-18)30-12-8-17(9-13-30)22(26)32/h16-21,23-24,27-29H,1-15H2,(H2,26,32). The number of likely N-dealkylation sites (tertiary alicyclic amines) is 2. The van der Waals surface area contributed by atoms with Crippen LogP contribution >= 0.6 is 11.6 Å². The van der Waals surface area contributed by atoms with Gasteiger partial charge in [-0.05, 0) is 89.1 Å². The summed E-state index contributed by atoms with van der Waals surface area (Å²) in [6.07, 6.45) is 12.0. The predicted molar refractivity (Wildman–Crippen MR) is 129 cm³/mol. The molecule has 5 unspecified atom stereocenters. The van der Waals surface area contributed by atoms with Crippen molar-refractivity contribution in [3.05, 3.63) is 0 Å². The second kappa shape index (κ2) is 11.1. The van der Waals surface area contributed by atoms with Crippen molar-refractivity contribution < 1.29 is 9.63 Å². The van der Waals surface area contributed by atoms with E-state index in [9.17, 15) is 4.79 Å². The number of hydrogen-bond donors (Lipinski definition) is 4. The highest BCUT2D eigenvalue weighted by Gasteiger charge is 2.42. The molecule has 0 aromatic heterocycles. The second-order valence-corrected chi connectivity index (χ2v) is 11.7. The molecule has 0 aromatic carbocycles. The Morgan fingerprint density at radius 2 is 1.82 bits per heavy atom. The first-order valence-corrected chi connectivity index (χ1v) is 13.8. The fraction of sp³-hybridized carbons (Fsp3) is 0.958. The van der Waals surface area contributed by atoms with E-state index in [2.05, 4.69) is 25.9 Å². The van der Waals surface area contributed by atoms with Crippen LogP contribution in [0.5, 0.6) is 0 Å². The molecular formula is C24H43ClN6O2. The molecule has 8 nitrogen and oxygen atoms in total. The molecule has 4 saturated heterocycles. The van der Waals surface area contributed by atoms with Crippen LogP contribution < -0.4 is 21.8 Å². The van der Waals surface area contributed by atoms with Crippen LogP contribution in [0.1, 0.15) is 64.2 Å². The van der Waals surface area contributed by atoms with Crippen LogP contribution in [0.4, 0.5) is 0 Å². The Bertz CT molecular complexity index is 655. The Balaban J connectivity index is 1.10. The number of hydroxylamine groups is 1. The molecule has 0 aromatic rings. The van der Waals surface area contributed by atoms with Crippen LogP contribution in [-0.4, -0.2) is 78.4 Å². The molecule has 1 saturated carbocycles. The number of carbonyl (C=O) groups excluding carboxylic acids is 1. The minimum atomic E-state index is -0.139. The summed E-state index contributed by atoms with van der Waals surface area (Å²) in [5.74, 6) is 1.23. The Morgan fingerprint density at radius 3 is 2.58 bits per heavy atom. The monoisotopic (exact) mass is 482 g/mol. The molecule has 188 valence electrons. The van der Waals surface area contributed by atoms with Gasteiger partial charge in [0.1, 0.15) is 6.23 Å². The number of alkyl halides is 1. The van der Waals surface area contributed by atoms with E-state index >= 15 is 0 Å². The molecule has 9 heteroatoms. The Kier molecular flexibility index (Phi) is 8.12. The van der Waals surface area contributed by atoms with Crippen LogP contribution in [0, 0.1) is 17.8 Å². The number of primary amides is 1. The molecule has 4 aliphatic heterocycles. The van der Waals surface area contributed by atoms with Gasteiger partial charge in [-0.1, -0.05) is 0 Å². The lowest BCUT2D eigenvalue weighted by Crippen LogP contribution is -2.57. The summed E-state index contributed by atoms with van der Waals surface area (Å²) in [5, 5.41) is 7.92. The Labute approximate surface area is 203 Å². The number of nitrogens with two attached hydrogens (primary N) is 1. The van der Waals surface area contributed by atoms with E-state index in [1.807, 2.05) is 0 Å². The van der Waals surface area contributed by atoms with Crippen molar-refractivity contribution in [2.45, 2.75) is 94.2 Å². The molecule has 1 aliphatic carbocycles. The maximum Gasteiger partial charge on any atom is 0.220 e. The number of nitrogens with one attached hydrogen (secondary N) is 3. The molecular weight excluding hydrogens is 440 g/mol. The molecule has 1 amide bonds. The number of hydrogen-bond acceptors (Lipinski definition) is 7. The van der Waals surface area contributed by atoms with E-state index in [-0.39, 0.29) is 24.2 Å². The zero-order valence-corrected chi connectivity index (χ0v) is 20.6. The SMILES string of the molecule is NC(=O)C1CCN(C2CC(C3NOC(C4CCCN4CC4CCC(Cl)CC4)N3)CCN2)CC1. The third-order valence-electron chi connectivity index (χ3n) is 8.96. The van der Waals surface area contributed by atoms with E-state index in [0.717, 1.165) is 51.2 Å². The van der Waals surface area contributed by atoms with E-state index in [1.54, 1.807) is 0 Å². The maximum absolute atomic E-state index is 11.5. The molecule has 4 heterocycles. The molecule has 33 heavy (non-hydrogen) atoms. The van der Waals surface area contributed by atoms with Crippen molar-refractivity contribution in [1.82, 2.24) is 25.9 Å². The minimum absolute atomic E-state index is 0.0484. The summed E-state index contributed by atoms with van der Waals surface area (Å²) < 4.78 is 0. The predicted octanol–water partition coefficient (Wildman–Crippen LogP) is 1.55. The molecule has 5 atom stereocenters. The largest absolute Gasteiger partial charge is 0.369 e. The third-order valence-corrected chi connectivity index (χ3v) is 9.40. The topological polar surface area (TPSA) is 94.9 Å². The lowest BCUT2D eigenvalue weighted by molar-refractivity contribution is -0.123. The van der Waals surface area contributed by atoms with E-state index in [4.69, 9.17) is 22.2 Å². The molecule has 0 radical (unpaired) electrons. The van der Waals surface area contributed by atoms with Gasteiger partial charge in [-0.3, -0.25) is 24.7 Å². The summed E-state index contributed by atoms with van der Waals surface area (Å²) in [6.45, 7) is 5.30. The summed E-state index contributed by atoms with van der Waals surface area (Å²) in [4.78, 5) is 22.8. The van der Waals surface area contributed by atoms with Gasteiger partial charge in [0.2, 0.25) is 5.91 Å². The number of rotatable bonds is 6. The van der Waals surface area contributed by atoms with E-state index in [1.165, 1.54) is 51.6 Å². The quantitative estimate of drug-likeness (QED) is 0.426. The first-order valence-electron chi connectivity index (χ1n) is 13.4. The van der Waals surface area contributed by atoms with Crippen molar-refractivity contribution >= 4 is 17.5 Å². The highest BCUT2D eigenvalue weighted by molar-refractivity contribution is 6.20. The number of piperidine rings is 2. The van der Waals surface area contributed by atoms with Crippen LogP contribution in [0.15, 0.2) is 0 Å². The van der Waals surface area contributed by atoms with Crippen LogP contribution in [0.2, 0.25) is 0 Å². The van der Waals surface area contributed by atoms with Crippen molar-refractivity contribution in [3.8, 4) is 0 Å². The number of halogens is 1. The van der Waals surface area contributed by atoms with Crippen molar-refractivity contribution in [2.75, 3.05) is 32.7 Å². The molecule has 0 bridgehead atoms. The fourth-order valence-corrected chi connectivity index (χ4v) is 7.12. The van der Waals surface area contributed by atoms with Gasteiger partial charge in [0, 0.05) is 30.9 Å². The van der Waals surface area contributed by atoms with Crippen molar-refractivity contribution in [3.63, 3.8) is 0 Å². The fourth-order valence-electron chi connectivity index (χ4n) is 6.87. The van der Waals surface area contributed by atoms with E-state index < -0.39 is 0 Å². The van der Waals surface area contributed by atoms with Gasteiger partial charge in [-0.15, -0.1) is 11.6 Å². The first-order chi connectivity index (χ1) is 16.1. The van der Waals surface area contributed by atoms with Gasteiger partial charge in [-0.2, -0.15) is 5.48 Å². The number of amides is 1. The maximum atomic E-state index is 11.5. The van der Waals surface area contributed by atoms with Gasteiger partial charge in [0.05, 0.1) is 18.4 Å². The highest BCUT2D eigenvalue weighted by atomic mass is 35.5. The van der Waals surface area contributed by atoms with Crippen molar-refractivity contribution in [1.29, 1.82) is 0 Å². The molecule has 5 aliphatic rings. The lowest BCUT2D eigenvalue weighted by atomic mass is 9.88. The van der Waals surface area contributed by atoms with Crippen LogP contribution in [0.25, 0.3) is 0 Å². The molecule has 5 rings (SSSR count). The molecule has 0 spiro atoms. The van der Waals surface area contributed by atoms with Gasteiger partial charge < -0.3 is 11.1 Å². The summed E-state index contributed by atoms with van der Waals surface area (Å²) in [5.41, 5.74) is 8.88. The van der Waals surface area contributed by atoms with E-state index in [0.29, 0.717) is 23.5 Å². The Morgan fingerprint density at radius 1 is 1.03 bits per heavy atom. The zero-order chi connectivity index (χ0) is 22.8. The van der Waals surface area contributed by atoms with Gasteiger partial charge in [0.15, 0.2) is 0 Å². The smallest absolute Gasteiger partial charge is 0.220 e. The summed E-state index contributed by atoms with van der Waals surface area (Å²) >= 11 is 6.32. The molecule has 5 N–H and O–H groups in total. The second-order valence-electron chi connectivity index (χ2n) is 11.1. The van der Waals surface area contributed by atoms with Gasteiger partial charge in [-0.25, -0.2) is 0 Å². The summed E-state index contributed by atoms with van der Waals surface area (Å²) in [6, 6.07) is 0.460. The van der Waals surface area contributed by atoms with Crippen LogP contribution in [0.3, 0.4) is 0 Å². The number of nitrogens with zero attached hydrogens (tertiary/aromatic N) is 2. The third kappa shape index (κ3) is 5.85. The van der Waals surface area contributed by atoms with Gasteiger partial charge >= 0.3 is 0 Å². The lowest BCUT2D eigenvalue weighted by Gasteiger charge is -2.42.